The number of nitrogens with one attached hydrogen (secondary N) is 3. The van der Waals surface area contributed by atoms with E-state index in [2.05, 4.69) is 6.58 Å². The molecule has 19 nitrogen and oxygen atoms in total. The third-order valence-corrected chi connectivity index (χ3v) is 4.60. The Bertz CT molecular complexity index is 778. The highest BCUT2D eigenvalue weighted by atomic mass is 16.8. The fourth-order valence-electron chi connectivity index (χ4n) is 2.91. The molecular weight excluding hydrogens is 514 g/mol. The van der Waals surface area contributed by atoms with Crippen LogP contribution < -0.4 is 15.7 Å². The molecule has 0 spiro atoms. The number of hydrogen-bond acceptors (Lipinski definition) is 16. The molecular formula is C18H29N3O16. The van der Waals surface area contributed by atoms with Gasteiger partial charge in [-0.1, -0.05) is 6.58 Å². The number of esters is 4. The van der Waals surface area contributed by atoms with Crippen LogP contribution in [-0.4, -0.2) is 102 Å². The van der Waals surface area contributed by atoms with E-state index in [0.717, 1.165) is 0 Å². The van der Waals surface area contributed by atoms with E-state index in [1.165, 1.54) is 0 Å². The first kappa shape index (κ1) is 32.2. The molecule has 0 amide bonds. The molecule has 0 bridgehead atoms. The van der Waals surface area contributed by atoms with Crippen molar-refractivity contribution < 1.29 is 79.3 Å². The van der Waals surface area contributed by atoms with Crippen LogP contribution in [0.1, 0.15) is 19.3 Å². The van der Waals surface area contributed by atoms with Crippen molar-refractivity contribution in [1.82, 2.24) is 0 Å². The highest BCUT2D eigenvalue weighted by molar-refractivity contribution is 5.81. The molecule has 8 atom stereocenters. The van der Waals surface area contributed by atoms with E-state index >= 15 is 0 Å². The summed E-state index contributed by atoms with van der Waals surface area (Å²) in [7, 11) is 0. The molecule has 3 unspecified atom stereocenters. The van der Waals surface area contributed by atoms with Crippen molar-refractivity contribution in [1.29, 1.82) is 0 Å². The minimum atomic E-state index is -2.08. The molecule has 0 aromatic carbocycles. The molecule has 0 saturated carbocycles. The van der Waals surface area contributed by atoms with Gasteiger partial charge in [0.05, 0.1) is 19.3 Å². The molecule has 0 aromatic heterocycles. The fraction of sp³-hybridized carbons (Fsp3) is 0.667. The number of carbonyl (C=O) groups excluding carboxylic acids is 4. The Morgan fingerprint density at radius 2 is 1.24 bits per heavy atom. The molecule has 1 saturated heterocycles. The van der Waals surface area contributed by atoms with Gasteiger partial charge in [0.2, 0.25) is 0 Å². The van der Waals surface area contributed by atoms with E-state index in [4.69, 9.17) is 39.3 Å². The van der Waals surface area contributed by atoms with Crippen LogP contribution in [0.15, 0.2) is 12.7 Å². The lowest BCUT2D eigenvalue weighted by Gasteiger charge is -2.42. The number of hydroxylamine groups is 6. The smallest absolute Gasteiger partial charge is 0.330 e. The number of rotatable bonds is 15. The first-order valence-electron chi connectivity index (χ1n) is 10.7. The molecule has 1 aliphatic heterocycles. The van der Waals surface area contributed by atoms with Crippen LogP contribution in [0, 0.1) is 15.6 Å². The summed E-state index contributed by atoms with van der Waals surface area (Å²) in [5, 5.41) is 64.8. The lowest BCUT2D eigenvalue weighted by Crippen LogP contribution is -3.04. The van der Waals surface area contributed by atoms with Crippen LogP contribution in [-0.2, 0) is 42.9 Å². The van der Waals surface area contributed by atoms with Gasteiger partial charge in [0.15, 0.2) is 24.6 Å². The monoisotopic (exact) mass is 543 g/mol. The zero-order valence-electron chi connectivity index (χ0n) is 19.3. The molecule has 0 radical (unpaired) electrons. The van der Waals surface area contributed by atoms with Crippen molar-refractivity contribution in [2.45, 2.75) is 50.0 Å². The summed E-state index contributed by atoms with van der Waals surface area (Å²) in [6, 6.07) is 0. The van der Waals surface area contributed by atoms with Gasteiger partial charge in [-0.05, 0) is 0 Å². The molecule has 1 aliphatic rings. The van der Waals surface area contributed by atoms with Gasteiger partial charge in [-0.25, -0.2) is 36.1 Å². The molecule has 1 fully saturated rings. The van der Waals surface area contributed by atoms with Crippen molar-refractivity contribution in [3.05, 3.63) is 28.3 Å². The average molecular weight is 543 g/mol. The highest BCUT2D eigenvalue weighted by Crippen LogP contribution is 2.28. The molecule has 19 heteroatoms. The number of ether oxygens (including phenoxy) is 5. The molecule has 0 aliphatic carbocycles. The van der Waals surface area contributed by atoms with Crippen LogP contribution in [0.25, 0.3) is 0 Å². The lowest BCUT2D eigenvalue weighted by atomic mass is 9.98. The number of hydrogen-bond donors (Lipinski definition) is 7. The Labute approximate surface area is 208 Å². The summed E-state index contributed by atoms with van der Waals surface area (Å²) in [6.45, 7) is 0.606. The molecule has 1 heterocycles. The van der Waals surface area contributed by atoms with Gasteiger partial charge < -0.3 is 44.4 Å². The number of quaternary nitrogens is 3. The quantitative estimate of drug-likeness (QED) is 0.0437. The second kappa shape index (κ2) is 16.1. The number of carbonyl (C=O) groups is 4. The topological polar surface area (TPSA) is 278 Å². The van der Waals surface area contributed by atoms with Gasteiger partial charge in [0, 0.05) is 6.08 Å². The summed E-state index contributed by atoms with van der Waals surface area (Å²) >= 11 is 0. The molecule has 1 rings (SSSR count). The van der Waals surface area contributed by atoms with Crippen molar-refractivity contribution in [3.8, 4) is 0 Å². The molecule has 7 N–H and O–H groups in total. The average Bonchev–Trinajstić information content (AvgIpc) is 2.82. The van der Waals surface area contributed by atoms with Crippen LogP contribution >= 0.6 is 0 Å². The van der Waals surface area contributed by atoms with E-state index < -0.39 is 116 Å². The van der Waals surface area contributed by atoms with Crippen molar-refractivity contribution >= 4 is 23.9 Å². The van der Waals surface area contributed by atoms with Crippen LogP contribution in [0.2, 0.25) is 0 Å². The Morgan fingerprint density at radius 1 is 0.784 bits per heavy atom. The number of aliphatic hydroxyl groups excluding tert-OH is 1. The maximum absolute atomic E-state index is 12.3. The van der Waals surface area contributed by atoms with Crippen LogP contribution in [0.5, 0.6) is 0 Å². The second-order valence-corrected chi connectivity index (χ2v) is 7.44. The summed E-state index contributed by atoms with van der Waals surface area (Å²) in [6.07, 6.45) is -10.2. The summed E-state index contributed by atoms with van der Waals surface area (Å²) in [5.41, 5.74) is 0. The van der Waals surface area contributed by atoms with Gasteiger partial charge in [-0.3, -0.25) is 14.4 Å². The standard InChI is InChI=1S/C18H29N3O16/c1-2-11(22)35-15-10(9-33-12(23)3-6-19(27)28)34-18(26)17(37-14(25)5-8-21(31)32)16(15)36-13(24)4-7-20(29)30/h2,10,15-21,26-27,29,31H,1,3-9H2/t10-,15-,16+,17-,18+/m1/s1. The minimum Gasteiger partial charge on any atom is -0.600 e. The Balaban J connectivity index is 3.18. The van der Waals surface area contributed by atoms with Gasteiger partial charge in [0.25, 0.3) is 0 Å². The van der Waals surface area contributed by atoms with E-state index in [1.54, 1.807) is 0 Å². The minimum absolute atomic E-state index is 0.529. The molecule has 0 aromatic rings. The summed E-state index contributed by atoms with van der Waals surface area (Å²) in [5.74, 6) is -4.42. The maximum atomic E-state index is 12.3. The molecule has 37 heavy (non-hydrogen) atoms. The van der Waals surface area contributed by atoms with Crippen molar-refractivity contribution in [2.24, 2.45) is 0 Å². The zero-order valence-corrected chi connectivity index (χ0v) is 19.3. The molecule has 212 valence electrons. The van der Waals surface area contributed by atoms with Gasteiger partial charge in [0.1, 0.15) is 32.3 Å². The fourth-order valence-corrected chi connectivity index (χ4v) is 2.91. The van der Waals surface area contributed by atoms with E-state index in [0.29, 0.717) is 6.08 Å². The maximum Gasteiger partial charge on any atom is 0.330 e. The zero-order chi connectivity index (χ0) is 28.1. The van der Waals surface area contributed by atoms with Gasteiger partial charge >= 0.3 is 23.9 Å². The van der Waals surface area contributed by atoms with E-state index in [9.17, 15) is 39.9 Å². The summed E-state index contributed by atoms with van der Waals surface area (Å²) in [4.78, 5) is 48.1. The largest absolute Gasteiger partial charge is 0.600 e. The van der Waals surface area contributed by atoms with Crippen molar-refractivity contribution in [2.75, 3.05) is 26.2 Å². The Hall–Kier alpha value is -2.82. The van der Waals surface area contributed by atoms with Crippen molar-refractivity contribution in [3.63, 3.8) is 0 Å². The van der Waals surface area contributed by atoms with Gasteiger partial charge in [-0.2, -0.15) is 0 Å². The van der Waals surface area contributed by atoms with Crippen LogP contribution in [0.4, 0.5) is 0 Å². The Kier molecular flexibility index (Phi) is 14.0. The van der Waals surface area contributed by atoms with Crippen LogP contribution in [0.3, 0.4) is 0 Å². The predicted molar refractivity (Wildman–Crippen MR) is 108 cm³/mol. The third kappa shape index (κ3) is 12.3. The Morgan fingerprint density at radius 3 is 1.70 bits per heavy atom. The van der Waals surface area contributed by atoms with Gasteiger partial charge in [-0.15, -0.1) is 0 Å². The normalized spacial score (nSPS) is 25.8. The third-order valence-electron chi connectivity index (χ3n) is 4.60. The number of aliphatic hydroxyl groups is 1. The summed E-state index contributed by atoms with van der Waals surface area (Å²) < 4.78 is 25.4. The van der Waals surface area contributed by atoms with E-state index in [1.807, 2.05) is 0 Å². The van der Waals surface area contributed by atoms with E-state index in [-0.39, 0.29) is 0 Å². The highest BCUT2D eigenvalue weighted by Gasteiger charge is 2.52. The first-order valence-corrected chi connectivity index (χ1v) is 10.7. The lowest BCUT2D eigenvalue weighted by molar-refractivity contribution is -1.05. The SMILES string of the molecule is C=CC(=O)O[C@H]1[C@H](OC(=O)CC[NH+]([O-])O)[C@@H](OC(=O)CC[NH+]([O-])O)[C@@H](O)O[C@@H]1COC(=O)CC[NH+]([O-])O. The first-order chi connectivity index (χ1) is 17.3. The second-order valence-electron chi connectivity index (χ2n) is 7.44. The predicted octanol–water partition coefficient (Wildman–Crippen LogP) is -6.35.